The molecule has 10 aromatic rings. The van der Waals surface area contributed by atoms with Gasteiger partial charge in [-0.2, -0.15) is 0 Å². The highest BCUT2D eigenvalue weighted by molar-refractivity contribution is 6.19. The summed E-state index contributed by atoms with van der Waals surface area (Å²) in [6.07, 6.45) is 0. The summed E-state index contributed by atoms with van der Waals surface area (Å²) in [4.78, 5) is 0. The number of aromatic nitrogens is 2. The molecule has 0 aliphatic heterocycles. The average Bonchev–Trinajstić information content (AvgIpc) is 3.81. The van der Waals surface area contributed by atoms with E-state index in [9.17, 15) is 0 Å². The van der Waals surface area contributed by atoms with E-state index in [0.29, 0.717) is 0 Å². The zero-order valence-electron chi connectivity index (χ0n) is 27.9. The van der Waals surface area contributed by atoms with Gasteiger partial charge in [-0.05, 0) is 88.0 Å². The van der Waals surface area contributed by atoms with Gasteiger partial charge in [-0.1, -0.05) is 140 Å². The molecule has 2 heterocycles. The molecule has 2 nitrogen and oxygen atoms in total. The summed E-state index contributed by atoms with van der Waals surface area (Å²) in [5.74, 6) is 0. The van der Waals surface area contributed by atoms with Crippen LogP contribution in [0, 0.1) is 0 Å². The Morgan fingerprint density at radius 1 is 0.294 bits per heavy atom. The lowest BCUT2D eigenvalue weighted by Gasteiger charge is -2.34. The Kier molecular flexibility index (Phi) is 5.91. The lowest BCUT2D eigenvalue weighted by Crippen LogP contribution is -2.28. The summed E-state index contributed by atoms with van der Waals surface area (Å²) in [5, 5.41) is 5.02. The largest absolute Gasteiger partial charge is 0.309 e. The van der Waals surface area contributed by atoms with Crippen LogP contribution in [-0.4, -0.2) is 9.13 Å². The van der Waals surface area contributed by atoms with Gasteiger partial charge in [0.05, 0.1) is 27.5 Å². The first-order valence-corrected chi connectivity index (χ1v) is 17.7. The fourth-order valence-electron chi connectivity index (χ4n) is 9.14. The van der Waals surface area contributed by atoms with Crippen molar-refractivity contribution in [3.05, 3.63) is 216 Å². The zero-order valence-corrected chi connectivity index (χ0v) is 27.9. The van der Waals surface area contributed by atoms with Crippen molar-refractivity contribution in [1.82, 2.24) is 9.13 Å². The van der Waals surface area contributed by atoms with E-state index in [1.807, 2.05) is 0 Å². The molecule has 0 atom stereocenters. The molecule has 0 saturated carbocycles. The van der Waals surface area contributed by atoms with E-state index in [0.717, 1.165) is 11.4 Å². The first-order chi connectivity index (χ1) is 25.3. The Morgan fingerprint density at radius 2 is 0.765 bits per heavy atom. The summed E-state index contributed by atoms with van der Waals surface area (Å²) in [6.45, 7) is 0. The molecule has 0 fully saturated rings. The lowest BCUT2D eigenvalue weighted by atomic mass is 9.67. The molecule has 0 N–H and O–H groups in total. The normalized spacial score (nSPS) is 13.3. The maximum atomic E-state index is 2.49. The van der Waals surface area contributed by atoms with E-state index >= 15 is 0 Å². The summed E-state index contributed by atoms with van der Waals surface area (Å²) in [7, 11) is 0. The molecule has 0 bridgehead atoms. The fraction of sp³-hybridized carbons (Fsp3) is 0.0204. The Morgan fingerprint density at radius 3 is 1.39 bits per heavy atom. The minimum absolute atomic E-state index is 0.461. The van der Waals surface area contributed by atoms with Crippen molar-refractivity contribution < 1.29 is 0 Å². The van der Waals surface area contributed by atoms with Crippen molar-refractivity contribution in [2.45, 2.75) is 5.41 Å². The summed E-state index contributed by atoms with van der Waals surface area (Å²) in [5.41, 5.74) is 14.5. The third-order valence-electron chi connectivity index (χ3n) is 11.2. The van der Waals surface area contributed by atoms with E-state index in [4.69, 9.17) is 0 Å². The molecule has 0 amide bonds. The molecule has 2 aromatic heterocycles. The summed E-state index contributed by atoms with van der Waals surface area (Å²) in [6, 6.07) is 71.5. The standard InChI is InChI=1S/C49H32N2/c1-4-16-33(17-5-1)49(43-25-13-10-22-37(43)38-23-11-14-26-44(38)49)34-28-29-46-40(30-34)42-31-41-39-24-12-15-27-45(39)50(35-18-6-2-7-19-35)47(41)32-48(42)51(46)36-20-8-3-9-21-36/h1-32H. The Hall–Kier alpha value is -6.64. The second-order valence-electron chi connectivity index (χ2n) is 13.7. The molecule has 0 radical (unpaired) electrons. The molecule has 0 unspecified atom stereocenters. The predicted octanol–water partition coefficient (Wildman–Crippen LogP) is 12.2. The minimum Gasteiger partial charge on any atom is -0.309 e. The number of hydrogen-bond donors (Lipinski definition) is 0. The molecular formula is C49H32N2. The highest BCUT2D eigenvalue weighted by Gasteiger charge is 2.46. The Bertz CT molecular complexity index is 2900. The van der Waals surface area contributed by atoms with Gasteiger partial charge in [0.2, 0.25) is 0 Å². The third kappa shape index (κ3) is 3.82. The van der Waals surface area contributed by atoms with Crippen LogP contribution in [0.15, 0.2) is 194 Å². The second-order valence-corrected chi connectivity index (χ2v) is 13.7. The van der Waals surface area contributed by atoms with Crippen LogP contribution in [0.1, 0.15) is 22.3 Å². The number of rotatable bonds is 4. The fourth-order valence-corrected chi connectivity index (χ4v) is 9.14. The van der Waals surface area contributed by atoms with Crippen molar-refractivity contribution in [1.29, 1.82) is 0 Å². The predicted molar refractivity (Wildman–Crippen MR) is 212 cm³/mol. The van der Waals surface area contributed by atoms with Gasteiger partial charge in [-0.3, -0.25) is 0 Å². The SMILES string of the molecule is c1ccc(-n2c3ccccc3c3cc4c5cc(C6(c7ccccc7)c7ccccc7-c7ccccc76)ccc5n(-c5ccccc5)c4cc32)cc1. The van der Waals surface area contributed by atoms with Gasteiger partial charge in [0.25, 0.3) is 0 Å². The van der Waals surface area contributed by atoms with Gasteiger partial charge in [0.15, 0.2) is 0 Å². The Labute approximate surface area is 296 Å². The van der Waals surface area contributed by atoms with Crippen LogP contribution >= 0.6 is 0 Å². The van der Waals surface area contributed by atoms with Crippen LogP contribution in [0.5, 0.6) is 0 Å². The minimum atomic E-state index is -0.461. The molecule has 0 spiro atoms. The first kappa shape index (κ1) is 28.2. The van der Waals surface area contributed by atoms with Crippen LogP contribution in [-0.2, 0) is 5.41 Å². The zero-order chi connectivity index (χ0) is 33.5. The maximum absolute atomic E-state index is 2.49. The summed E-state index contributed by atoms with van der Waals surface area (Å²) < 4.78 is 4.87. The van der Waals surface area contributed by atoms with E-state index in [1.165, 1.54) is 77.0 Å². The van der Waals surface area contributed by atoms with Crippen LogP contribution in [0.25, 0.3) is 66.1 Å². The van der Waals surface area contributed by atoms with Gasteiger partial charge in [0, 0.05) is 32.9 Å². The smallest absolute Gasteiger partial charge is 0.0713 e. The number of para-hydroxylation sites is 3. The number of nitrogens with zero attached hydrogens (tertiary/aromatic N) is 2. The van der Waals surface area contributed by atoms with Crippen LogP contribution in [0.3, 0.4) is 0 Å². The number of hydrogen-bond acceptors (Lipinski definition) is 0. The van der Waals surface area contributed by atoms with Crippen LogP contribution in [0.4, 0.5) is 0 Å². The second kappa shape index (κ2) is 10.7. The molecule has 1 aliphatic carbocycles. The highest BCUT2D eigenvalue weighted by Crippen LogP contribution is 2.56. The molecule has 11 rings (SSSR count). The van der Waals surface area contributed by atoms with Crippen LogP contribution in [0.2, 0.25) is 0 Å². The summed E-state index contributed by atoms with van der Waals surface area (Å²) >= 11 is 0. The van der Waals surface area contributed by atoms with Gasteiger partial charge in [0.1, 0.15) is 0 Å². The number of fused-ring (bicyclic) bond motifs is 9. The molecule has 51 heavy (non-hydrogen) atoms. The van der Waals surface area contributed by atoms with Gasteiger partial charge >= 0.3 is 0 Å². The van der Waals surface area contributed by atoms with Crippen molar-refractivity contribution in [3.63, 3.8) is 0 Å². The van der Waals surface area contributed by atoms with Crippen molar-refractivity contribution in [3.8, 4) is 22.5 Å². The van der Waals surface area contributed by atoms with Crippen LogP contribution < -0.4 is 0 Å². The molecular weight excluding hydrogens is 617 g/mol. The van der Waals surface area contributed by atoms with Crippen molar-refractivity contribution in [2.24, 2.45) is 0 Å². The first-order valence-electron chi connectivity index (χ1n) is 17.7. The quantitative estimate of drug-likeness (QED) is 0.180. The Balaban J connectivity index is 1.29. The third-order valence-corrected chi connectivity index (χ3v) is 11.2. The molecule has 1 aliphatic rings. The van der Waals surface area contributed by atoms with Crippen molar-refractivity contribution in [2.75, 3.05) is 0 Å². The average molecular weight is 649 g/mol. The van der Waals surface area contributed by atoms with Crippen molar-refractivity contribution >= 4 is 43.6 Å². The molecule has 2 heteroatoms. The van der Waals surface area contributed by atoms with Gasteiger partial charge < -0.3 is 9.13 Å². The molecule has 238 valence electrons. The molecule has 0 saturated heterocycles. The lowest BCUT2D eigenvalue weighted by molar-refractivity contribution is 0.770. The monoisotopic (exact) mass is 648 g/mol. The van der Waals surface area contributed by atoms with Gasteiger partial charge in [-0.25, -0.2) is 0 Å². The van der Waals surface area contributed by atoms with E-state index < -0.39 is 5.41 Å². The van der Waals surface area contributed by atoms with Gasteiger partial charge in [-0.15, -0.1) is 0 Å². The highest BCUT2D eigenvalue weighted by atomic mass is 15.0. The van der Waals surface area contributed by atoms with E-state index in [1.54, 1.807) is 0 Å². The maximum Gasteiger partial charge on any atom is 0.0713 e. The number of benzene rings is 8. The molecule has 8 aromatic carbocycles. The topological polar surface area (TPSA) is 9.86 Å². The van der Waals surface area contributed by atoms with E-state index in [2.05, 4.69) is 203 Å². The van der Waals surface area contributed by atoms with E-state index in [-0.39, 0.29) is 0 Å².